The zero-order chi connectivity index (χ0) is 15.1. The summed E-state index contributed by atoms with van der Waals surface area (Å²) < 4.78 is 0. The number of hydrogen-bond acceptors (Lipinski definition) is 3. The van der Waals surface area contributed by atoms with E-state index < -0.39 is 0 Å². The molecule has 3 nitrogen and oxygen atoms in total. The van der Waals surface area contributed by atoms with Crippen molar-refractivity contribution in [1.29, 1.82) is 0 Å². The normalized spacial score (nSPS) is 11.2. The number of pyridine rings is 1. The molecular weight excluding hydrogens is 258 g/mol. The Bertz CT molecular complexity index is 561. The molecule has 1 heterocycles. The van der Waals surface area contributed by atoms with Gasteiger partial charge < -0.3 is 10.6 Å². The van der Waals surface area contributed by atoms with E-state index in [0.717, 1.165) is 36.8 Å². The highest BCUT2D eigenvalue weighted by Gasteiger charge is 2.08. The maximum atomic E-state index is 4.74. The molecule has 2 rings (SSSR count). The van der Waals surface area contributed by atoms with E-state index in [-0.39, 0.29) is 0 Å². The summed E-state index contributed by atoms with van der Waals surface area (Å²) in [6.45, 7) is 9.45. The number of nitrogens with one attached hydrogen (secondary N) is 2. The van der Waals surface area contributed by atoms with E-state index in [9.17, 15) is 0 Å². The molecule has 0 amide bonds. The van der Waals surface area contributed by atoms with Crippen molar-refractivity contribution < 1.29 is 0 Å². The summed E-state index contributed by atoms with van der Waals surface area (Å²) >= 11 is 0. The number of hydrogen-bond donors (Lipinski definition) is 2. The molecule has 0 bridgehead atoms. The van der Waals surface area contributed by atoms with Crippen molar-refractivity contribution in [3.63, 3.8) is 0 Å². The van der Waals surface area contributed by atoms with Crippen LogP contribution >= 0.6 is 0 Å². The van der Waals surface area contributed by atoms with Gasteiger partial charge in [-0.15, -0.1) is 0 Å². The first-order valence-corrected chi connectivity index (χ1v) is 8.11. The van der Waals surface area contributed by atoms with Gasteiger partial charge in [-0.1, -0.05) is 51.8 Å². The SMILES string of the molecule is CCNCc1cc(NCC(CC)CC)c2ccccc2n1. The van der Waals surface area contributed by atoms with Crippen LogP contribution in [0.25, 0.3) is 10.9 Å². The van der Waals surface area contributed by atoms with Crippen LogP contribution in [0.15, 0.2) is 30.3 Å². The molecule has 0 aliphatic heterocycles. The van der Waals surface area contributed by atoms with E-state index in [1.54, 1.807) is 0 Å². The molecule has 0 saturated heterocycles. The predicted octanol–water partition coefficient (Wildman–Crippen LogP) is 4.19. The van der Waals surface area contributed by atoms with Crippen molar-refractivity contribution in [2.24, 2.45) is 5.92 Å². The average molecular weight is 285 g/mol. The number of benzene rings is 1. The van der Waals surface area contributed by atoms with Crippen LogP contribution < -0.4 is 10.6 Å². The van der Waals surface area contributed by atoms with Crippen LogP contribution in [-0.2, 0) is 6.54 Å². The molecule has 0 fully saturated rings. The lowest BCUT2D eigenvalue weighted by Crippen LogP contribution is -2.15. The van der Waals surface area contributed by atoms with Crippen molar-refractivity contribution in [3.8, 4) is 0 Å². The zero-order valence-electron chi connectivity index (χ0n) is 13.4. The minimum atomic E-state index is 0.731. The summed E-state index contributed by atoms with van der Waals surface area (Å²) in [6, 6.07) is 10.6. The third-order valence-electron chi connectivity index (χ3n) is 4.06. The maximum Gasteiger partial charge on any atom is 0.0726 e. The molecule has 0 radical (unpaired) electrons. The van der Waals surface area contributed by atoms with Crippen molar-refractivity contribution in [3.05, 3.63) is 36.0 Å². The molecule has 21 heavy (non-hydrogen) atoms. The summed E-state index contributed by atoms with van der Waals surface area (Å²) in [5.74, 6) is 0.731. The number of fused-ring (bicyclic) bond motifs is 1. The quantitative estimate of drug-likeness (QED) is 0.763. The summed E-state index contributed by atoms with van der Waals surface area (Å²) in [4.78, 5) is 4.74. The fourth-order valence-corrected chi connectivity index (χ4v) is 2.55. The van der Waals surface area contributed by atoms with Gasteiger partial charge >= 0.3 is 0 Å². The number of aromatic nitrogens is 1. The van der Waals surface area contributed by atoms with Crippen molar-refractivity contribution in [1.82, 2.24) is 10.3 Å². The summed E-state index contributed by atoms with van der Waals surface area (Å²) in [5.41, 5.74) is 3.38. The van der Waals surface area contributed by atoms with E-state index >= 15 is 0 Å². The van der Waals surface area contributed by atoms with Gasteiger partial charge in [0.05, 0.1) is 11.2 Å². The lowest BCUT2D eigenvalue weighted by Gasteiger charge is -2.16. The molecule has 0 aliphatic rings. The smallest absolute Gasteiger partial charge is 0.0726 e. The van der Waals surface area contributed by atoms with Crippen molar-refractivity contribution in [2.45, 2.75) is 40.2 Å². The van der Waals surface area contributed by atoms with Gasteiger partial charge in [-0.05, 0) is 24.6 Å². The Labute approximate surface area is 128 Å². The molecule has 1 aromatic heterocycles. The largest absolute Gasteiger partial charge is 0.384 e. The Morgan fingerprint density at radius 1 is 1.10 bits per heavy atom. The highest BCUT2D eigenvalue weighted by Crippen LogP contribution is 2.24. The molecule has 2 N–H and O–H groups in total. The standard InChI is InChI=1S/C18H27N3/c1-4-14(5-2)12-20-18-11-15(13-19-6-3)21-17-10-8-7-9-16(17)18/h7-11,14,19H,4-6,12-13H2,1-3H3,(H,20,21). The Kier molecular flexibility index (Phi) is 6.00. The first kappa shape index (κ1) is 15.8. The number of rotatable bonds is 8. The lowest BCUT2D eigenvalue weighted by atomic mass is 10.0. The van der Waals surface area contributed by atoms with Gasteiger partial charge in [-0.25, -0.2) is 0 Å². The van der Waals surface area contributed by atoms with Crippen LogP contribution in [0.5, 0.6) is 0 Å². The first-order valence-electron chi connectivity index (χ1n) is 8.11. The molecule has 0 spiro atoms. The summed E-state index contributed by atoms with van der Waals surface area (Å²) in [6.07, 6.45) is 2.44. The zero-order valence-corrected chi connectivity index (χ0v) is 13.4. The van der Waals surface area contributed by atoms with E-state index in [4.69, 9.17) is 4.98 Å². The average Bonchev–Trinajstić information content (AvgIpc) is 2.53. The highest BCUT2D eigenvalue weighted by atomic mass is 14.9. The van der Waals surface area contributed by atoms with Gasteiger partial charge in [0.1, 0.15) is 0 Å². The number of para-hydroxylation sites is 1. The topological polar surface area (TPSA) is 37.0 Å². The Hall–Kier alpha value is -1.61. The molecule has 0 atom stereocenters. The molecule has 3 heteroatoms. The Morgan fingerprint density at radius 2 is 1.86 bits per heavy atom. The molecule has 114 valence electrons. The molecule has 1 aromatic carbocycles. The molecule has 0 aliphatic carbocycles. The van der Waals surface area contributed by atoms with Gasteiger partial charge in [0.25, 0.3) is 0 Å². The molecule has 0 unspecified atom stereocenters. The summed E-state index contributed by atoms with van der Waals surface area (Å²) in [7, 11) is 0. The van der Waals surface area contributed by atoms with Gasteiger partial charge in [-0.2, -0.15) is 0 Å². The Balaban J connectivity index is 2.26. The van der Waals surface area contributed by atoms with Crippen LogP contribution in [0.1, 0.15) is 39.3 Å². The summed E-state index contributed by atoms with van der Waals surface area (Å²) in [5, 5.41) is 8.20. The van der Waals surface area contributed by atoms with E-state index in [0.29, 0.717) is 0 Å². The second kappa shape index (κ2) is 7.99. The monoisotopic (exact) mass is 285 g/mol. The van der Waals surface area contributed by atoms with Crippen molar-refractivity contribution in [2.75, 3.05) is 18.4 Å². The molecular formula is C18H27N3. The molecule has 0 saturated carbocycles. The van der Waals surface area contributed by atoms with E-state index in [2.05, 4.69) is 61.7 Å². The predicted molar refractivity (Wildman–Crippen MR) is 91.7 cm³/mol. The van der Waals surface area contributed by atoms with Crippen LogP contribution in [0.2, 0.25) is 0 Å². The van der Waals surface area contributed by atoms with Gasteiger partial charge in [-0.3, -0.25) is 4.98 Å². The van der Waals surface area contributed by atoms with Crippen LogP contribution in [0.4, 0.5) is 5.69 Å². The maximum absolute atomic E-state index is 4.74. The van der Waals surface area contributed by atoms with Gasteiger partial charge in [0, 0.05) is 24.2 Å². The van der Waals surface area contributed by atoms with Crippen LogP contribution in [0, 0.1) is 5.92 Å². The molecule has 2 aromatic rings. The van der Waals surface area contributed by atoms with Gasteiger partial charge in [0.15, 0.2) is 0 Å². The Morgan fingerprint density at radius 3 is 2.57 bits per heavy atom. The third kappa shape index (κ3) is 4.18. The van der Waals surface area contributed by atoms with Crippen molar-refractivity contribution >= 4 is 16.6 Å². The van der Waals surface area contributed by atoms with E-state index in [1.807, 2.05) is 0 Å². The van der Waals surface area contributed by atoms with Gasteiger partial charge in [0.2, 0.25) is 0 Å². The second-order valence-electron chi connectivity index (χ2n) is 5.52. The minimum Gasteiger partial charge on any atom is -0.384 e. The fourth-order valence-electron chi connectivity index (χ4n) is 2.55. The second-order valence-corrected chi connectivity index (χ2v) is 5.52. The highest BCUT2D eigenvalue weighted by molar-refractivity contribution is 5.91. The van der Waals surface area contributed by atoms with Crippen LogP contribution in [0.3, 0.4) is 0 Å². The number of anilines is 1. The first-order chi connectivity index (χ1) is 10.3. The third-order valence-corrected chi connectivity index (χ3v) is 4.06. The fraction of sp³-hybridized carbons (Fsp3) is 0.500. The van der Waals surface area contributed by atoms with E-state index in [1.165, 1.54) is 23.9 Å². The van der Waals surface area contributed by atoms with Crippen LogP contribution in [-0.4, -0.2) is 18.1 Å². The number of nitrogens with zero attached hydrogens (tertiary/aromatic N) is 1. The minimum absolute atomic E-state index is 0.731. The lowest BCUT2D eigenvalue weighted by molar-refractivity contribution is 0.519.